The Morgan fingerprint density at radius 3 is 2.65 bits per heavy atom. The summed E-state index contributed by atoms with van der Waals surface area (Å²) in [6, 6.07) is -0.669. The molecule has 1 aromatic heterocycles. The molecule has 1 heterocycles. The van der Waals surface area contributed by atoms with Crippen molar-refractivity contribution >= 4 is 5.69 Å². The summed E-state index contributed by atoms with van der Waals surface area (Å²) in [7, 11) is 0. The van der Waals surface area contributed by atoms with Crippen molar-refractivity contribution in [1.82, 2.24) is 9.13 Å². The van der Waals surface area contributed by atoms with Gasteiger partial charge in [0.15, 0.2) is 0 Å². The maximum Gasteiger partial charge on any atom is 0.350 e. The van der Waals surface area contributed by atoms with E-state index in [1.807, 2.05) is 6.92 Å². The topological polar surface area (TPSA) is 107 Å². The molecule has 0 aromatic carbocycles. The summed E-state index contributed by atoms with van der Waals surface area (Å²) in [4.78, 5) is 34.6. The van der Waals surface area contributed by atoms with Crippen LogP contribution in [0.1, 0.15) is 38.6 Å². The Morgan fingerprint density at radius 2 is 2.15 bits per heavy atom. The van der Waals surface area contributed by atoms with Crippen molar-refractivity contribution in [3.05, 3.63) is 37.1 Å². The van der Waals surface area contributed by atoms with E-state index in [1.54, 1.807) is 0 Å². The van der Waals surface area contributed by atoms with Crippen LogP contribution < -0.4 is 11.2 Å². The van der Waals surface area contributed by atoms with E-state index in [9.17, 15) is 24.8 Å². The molecule has 8 heteroatoms. The van der Waals surface area contributed by atoms with Gasteiger partial charge in [0, 0.05) is 6.54 Å². The number of aliphatic hydroxyl groups excluding tert-OH is 1. The molecule has 8 nitrogen and oxygen atoms in total. The average molecular weight is 283 g/mol. The second-order valence-corrected chi connectivity index (χ2v) is 4.99. The summed E-state index contributed by atoms with van der Waals surface area (Å²) >= 11 is 0. The van der Waals surface area contributed by atoms with Gasteiger partial charge in [-0.1, -0.05) is 6.92 Å². The Hall–Kier alpha value is -1.96. The Kier molecular flexibility index (Phi) is 4.03. The first-order valence-corrected chi connectivity index (χ1v) is 6.65. The third kappa shape index (κ3) is 2.38. The maximum absolute atomic E-state index is 12.3. The Labute approximate surface area is 114 Å². The zero-order valence-corrected chi connectivity index (χ0v) is 11.2. The molecular formula is C12H17N3O5. The standard InChI is InChI=1S/C12H17N3O5/c1-2-6-13-7-9(15(19)20)11(17)14(12(13)18)8-4-3-5-10(8)16/h7-8,10,16H,2-6H2,1H3/t8-,10-/m0/s1. The van der Waals surface area contributed by atoms with Gasteiger partial charge in [-0.15, -0.1) is 0 Å². The fourth-order valence-corrected chi connectivity index (χ4v) is 2.65. The fraction of sp³-hybridized carbons (Fsp3) is 0.667. The van der Waals surface area contributed by atoms with E-state index in [-0.39, 0.29) is 0 Å². The number of nitro groups is 1. The molecule has 1 aromatic rings. The predicted octanol–water partition coefficient (Wildman–Crippen LogP) is 0.414. The van der Waals surface area contributed by atoms with Crippen LogP contribution in [0.2, 0.25) is 0 Å². The highest BCUT2D eigenvalue weighted by molar-refractivity contribution is 5.22. The summed E-state index contributed by atoms with van der Waals surface area (Å²) in [6.45, 7) is 2.13. The van der Waals surface area contributed by atoms with Crippen LogP contribution in [0, 0.1) is 10.1 Å². The molecule has 0 spiro atoms. The largest absolute Gasteiger partial charge is 0.391 e. The molecule has 110 valence electrons. The molecule has 20 heavy (non-hydrogen) atoms. The molecule has 1 aliphatic rings. The molecule has 0 bridgehead atoms. The second kappa shape index (κ2) is 5.58. The van der Waals surface area contributed by atoms with E-state index in [0.717, 1.165) is 10.8 Å². The van der Waals surface area contributed by atoms with Crippen LogP contribution in [-0.4, -0.2) is 25.3 Å². The molecule has 0 aliphatic heterocycles. The van der Waals surface area contributed by atoms with Crippen LogP contribution in [0.3, 0.4) is 0 Å². The number of aromatic nitrogens is 2. The van der Waals surface area contributed by atoms with Crippen molar-refractivity contribution in [1.29, 1.82) is 0 Å². The van der Waals surface area contributed by atoms with Crippen LogP contribution in [0.15, 0.2) is 15.8 Å². The highest BCUT2D eigenvalue weighted by Crippen LogP contribution is 2.28. The molecule has 0 amide bonds. The lowest BCUT2D eigenvalue weighted by molar-refractivity contribution is -0.387. The highest BCUT2D eigenvalue weighted by atomic mass is 16.6. The maximum atomic E-state index is 12.3. The summed E-state index contributed by atoms with van der Waals surface area (Å²) < 4.78 is 2.02. The number of aliphatic hydroxyl groups is 1. The molecular weight excluding hydrogens is 266 g/mol. The van der Waals surface area contributed by atoms with E-state index in [2.05, 4.69) is 0 Å². The molecule has 0 radical (unpaired) electrons. The van der Waals surface area contributed by atoms with Gasteiger partial charge in [0.1, 0.15) is 0 Å². The first-order chi connectivity index (χ1) is 9.47. The van der Waals surface area contributed by atoms with Gasteiger partial charge < -0.3 is 5.11 Å². The SMILES string of the molecule is CCCn1cc([N+](=O)[O-])c(=O)n([C@H]2CCC[C@@H]2O)c1=O. The minimum atomic E-state index is -0.932. The number of aryl methyl sites for hydroxylation is 1. The monoisotopic (exact) mass is 283 g/mol. The Balaban J connectivity index is 2.67. The Bertz CT molecular complexity index is 633. The second-order valence-electron chi connectivity index (χ2n) is 4.99. The summed E-state index contributed by atoms with van der Waals surface area (Å²) in [5, 5.41) is 20.8. The third-order valence-corrected chi connectivity index (χ3v) is 3.60. The van der Waals surface area contributed by atoms with Gasteiger partial charge in [-0.2, -0.15) is 0 Å². The summed E-state index contributed by atoms with van der Waals surface area (Å²) in [5.74, 6) is 0. The van der Waals surface area contributed by atoms with E-state index in [0.29, 0.717) is 32.2 Å². The van der Waals surface area contributed by atoms with Crippen molar-refractivity contribution in [2.24, 2.45) is 0 Å². The Morgan fingerprint density at radius 1 is 1.45 bits per heavy atom. The fourth-order valence-electron chi connectivity index (χ4n) is 2.65. The molecule has 0 unspecified atom stereocenters. The first kappa shape index (κ1) is 14.4. The van der Waals surface area contributed by atoms with Gasteiger partial charge in [-0.05, 0) is 25.7 Å². The normalized spacial score (nSPS) is 22.1. The third-order valence-electron chi connectivity index (χ3n) is 3.60. The van der Waals surface area contributed by atoms with Gasteiger partial charge in [0.05, 0.1) is 23.3 Å². The first-order valence-electron chi connectivity index (χ1n) is 6.65. The minimum Gasteiger partial charge on any atom is -0.391 e. The van der Waals surface area contributed by atoms with Crippen LogP contribution >= 0.6 is 0 Å². The van der Waals surface area contributed by atoms with E-state index >= 15 is 0 Å². The van der Waals surface area contributed by atoms with Gasteiger partial charge in [0.2, 0.25) is 0 Å². The quantitative estimate of drug-likeness (QED) is 0.636. The number of nitrogens with zero attached hydrogens (tertiary/aromatic N) is 3. The van der Waals surface area contributed by atoms with Gasteiger partial charge in [-0.25, -0.2) is 9.36 Å². The minimum absolute atomic E-state index is 0.294. The lowest BCUT2D eigenvalue weighted by Gasteiger charge is -2.18. The van der Waals surface area contributed by atoms with Crippen molar-refractivity contribution in [3.63, 3.8) is 0 Å². The van der Waals surface area contributed by atoms with E-state index in [1.165, 1.54) is 4.57 Å². The molecule has 0 saturated heterocycles. The number of hydrogen-bond donors (Lipinski definition) is 1. The van der Waals surface area contributed by atoms with Gasteiger partial charge in [-0.3, -0.25) is 19.5 Å². The lowest BCUT2D eigenvalue weighted by Crippen LogP contribution is -2.44. The molecule has 1 aliphatic carbocycles. The molecule has 1 N–H and O–H groups in total. The summed E-state index contributed by atoms with van der Waals surface area (Å²) in [6.07, 6.45) is 2.46. The van der Waals surface area contributed by atoms with Gasteiger partial charge >= 0.3 is 16.9 Å². The van der Waals surface area contributed by atoms with E-state index < -0.39 is 34.0 Å². The van der Waals surface area contributed by atoms with Crippen molar-refractivity contribution in [2.45, 2.75) is 51.3 Å². The van der Waals surface area contributed by atoms with E-state index in [4.69, 9.17) is 0 Å². The number of hydrogen-bond acceptors (Lipinski definition) is 5. The van der Waals surface area contributed by atoms with Crippen LogP contribution in [0.25, 0.3) is 0 Å². The smallest absolute Gasteiger partial charge is 0.350 e. The highest BCUT2D eigenvalue weighted by Gasteiger charge is 2.32. The lowest BCUT2D eigenvalue weighted by atomic mass is 10.2. The zero-order chi connectivity index (χ0) is 14.9. The van der Waals surface area contributed by atoms with Crippen molar-refractivity contribution in [3.8, 4) is 0 Å². The zero-order valence-electron chi connectivity index (χ0n) is 11.2. The van der Waals surface area contributed by atoms with Crippen LogP contribution in [0.5, 0.6) is 0 Å². The predicted molar refractivity (Wildman–Crippen MR) is 70.8 cm³/mol. The van der Waals surface area contributed by atoms with Gasteiger partial charge in [0.25, 0.3) is 0 Å². The summed E-state index contributed by atoms with van der Waals surface area (Å²) in [5.41, 5.74) is -2.15. The van der Waals surface area contributed by atoms with Crippen molar-refractivity contribution in [2.75, 3.05) is 0 Å². The molecule has 1 saturated carbocycles. The van der Waals surface area contributed by atoms with Crippen LogP contribution in [-0.2, 0) is 6.54 Å². The number of rotatable bonds is 4. The molecule has 2 rings (SSSR count). The van der Waals surface area contributed by atoms with Crippen LogP contribution in [0.4, 0.5) is 5.69 Å². The molecule has 1 fully saturated rings. The van der Waals surface area contributed by atoms with Crippen molar-refractivity contribution < 1.29 is 10.0 Å². The molecule has 2 atom stereocenters. The average Bonchev–Trinajstić information content (AvgIpc) is 2.79.